The van der Waals surface area contributed by atoms with Gasteiger partial charge in [-0.15, -0.1) is 0 Å². The Bertz CT molecular complexity index is 342. The monoisotopic (exact) mass is 223 g/mol. The molecule has 0 saturated carbocycles. The largest absolute Gasteiger partial charge is 0.328 e. The van der Waals surface area contributed by atoms with Gasteiger partial charge in [-0.3, -0.25) is 0 Å². The second kappa shape index (κ2) is 4.21. The molecule has 1 atom stereocenters. The van der Waals surface area contributed by atoms with Crippen molar-refractivity contribution in [1.29, 1.82) is 0 Å². The molecular formula is C13H25N3. The van der Waals surface area contributed by atoms with Crippen molar-refractivity contribution in [2.24, 2.45) is 11.1 Å². The summed E-state index contributed by atoms with van der Waals surface area (Å²) < 4.78 is 2.21. The Morgan fingerprint density at radius 1 is 1.31 bits per heavy atom. The average Bonchev–Trinajstić information content (AvgIpc) is 2.45. The number of nitrogens with zero attached hydrogens (tertiary/aromatic N) is 2. The molecule has 0 aromatic carbocycles. The van der Waals surface area contributed by atoms with Crippen LogP contribution in [0.1, 0.15) is 59.7 Å². The third kappa shape index (κ3) is 3.08. The first kappa shape index (κ1) is 13.2. The Morgan fingerprint density at radius 2 is 1.88 bits per heavy atom. The van der Waals surface area contributed by atoms with Gasteiger partial charge in [0.05, 0.1) is 12.0 Å². The van der Waals surface area contributed by atoms with E-state index in [9.17, 15) is 0 Å². The number of imidazole rings is 1. The van der Waals surface area contributed by atoms with E-state index in [-0.39, 0.29) is 11.6 Å². The van der Waals surface area contributed by atoms with Crippen molar-refractivity contribution >= 4 is 0 Å². The van der Waals surface area contributed by atoms with E-state index in [0.29, 0.717) is 5.41 Å². The summed E-state index contributed by atoms with van der Waals surface area (Å²) in [6.45, 7) is 13.3. The van der Waals surface area contributed by atoms with Gasteiger partial charge in [-0.25, -0.2) is 4.98 Å². The Labute approximate surface area is 99.1 Å². The molecule has 0 aliphatic rings. The fourth-order valence-electron chi connectivity index (χ4n) is 2.53. The predicted molar refractivity (Wildman–Crippen MR) is 68.2 cm³/mol. The Hall–Kier alpha value is -0.830. The summed E-state index contributed by atoms with van der Waals surface area (Å²) in [4.78, 5) is 4.22. The second-order valence-electron chi connectivity index (χ2n) is 6.53. The highest BCUT2D eigenvalue weighted by molar-refractivity contribution is 5.07. The summed E-state index contributed by atoms with van der Waals surface area (Å²) in [6.07, 6.45) is 4.86. The van der Waals surface area contributed by atoms with Crippen LogP contribution in [0.15, 0.2) is 12.5 Å². The molecule has 3 nitrogen and oxygen atoms in total. The molecule has 1 aromatic heterocycles. The molecule has 0 radical (unpaired) electrons. The van der Waals surface area contributed by atoms with E-state index in [2.05, 4.69) is 44.2 Å². The molecule has 0 unspecified atom stereocenters. The van der Waals surface area contributed by atoms with Crippen LogP contribution < -0.4 is 5.73 Å². The van der Waals surface area contributed by atoms with Gasteiger partial charge in [0.25, 0.3) is 0 Å². The normalized spacial score (nSPS) is 15.2. The molecule has 0 aliphatic carbocycles. The average molecular weight is 223 g/mol. The molecule has 1 aromatic rings. The van der Waals surface area contributed by atoms with E-state index in [1.807, 2.05) is 19.4 Å². The topological polar surface area (TPSA) is 43.8 Å². The van der Waals surface area contributed by atoms with Crippen LogP contribution in [0, 0.1) is 5.41 Å². The highest BCUT2D eigenvalue weighted by Crippen LogP contribution is 2.33. The van der Waals surface area contributed by atoms with Gasteiger partial charge in [-0.1, -0.05) is 20.8 Å². The summed E-state index contributed by atoms with van der Waals surface area (Å²) in [6, 6.07) is 0.0294. The lowest BCUT2D eigenvalue weighted by Crippen LogP contribution is -2.33. The number of hydrogen-bond donors (Lipinski definition) is 1. The zero-order chi connectivity index (χ0) is 12.6. The Balaban J connectivity index is 3.02. The fourth-order valence-corrected chi connectivity index (χ4v) is 2.53. The molecule has 0 fully saturated rings. The van der Waals surface area contributed by atoms with Gasteiger partial charge in [0.2, 0.25) is 0 Å². The minimum atomic E-state index is 0.0294. The minimum Gasteiger partial charge on any atom is -0.328 e. The molecule has 3 heteroatoms. The molecule has 0 spiro atoms. The van der Waals surface area contributed by atoms with E-state index >= 15 is 0 Å². The zero-order valence-electron chi connectivity index (χ0n) is 11.4. The molecule has 16 heavy (non-hydrogen) atoms. The lowest BCUT2D eigenvalue weighted by atomic mass is 9.81. The predicted octanol–water partition coefficient (Wildman–Crippen LogP) is 3.07. The summed E-state index contributed by atoms with van der Waals surface area (Å²) in [5.74, 6) is 0. The SMILES string of the molecule is C[C@@H](N)c1cncn1C(C)(C)CC(C)(C)C. The maximum atomic E-state index is 5.96. The number of nitrogens with two attached hydrogens (primary N) is 1. The summed E-state index contributed by atoms with van der Waals surface area (Å²) in [7, 11) is 0. The number of aromatic nitrogens is 2. The van der Waals surface area contributed by atoms with E-state index < -0.39 is 0 Å². The quantitative estimate of drug-likeness (QED) is 0.855. The van der Waals surface area contributed by atoms with Crippen LogP contribution in [0.4, 0.5) is 0 Å². The molecule has 2 N–H and O–H groups in total. The molecule has 0 saturated heterocycles. The molecule has 0 amide bonds. The third-order valence-corrected chi connectivity index (χ3v) is 2.75. The van der Waals surface area contributed by atoms with Crippen molar-refractivity contribution in [2.75, 3.05) is 0 Å². The van der Waals surface area contributed by atoms with Gasteiger partial charge in [-0.2, -0.15) is 0 Å². The molecule has 1 heterocycles. The Morgan fingerprint density at radius 3 is 2.31 bits per heavy atom. The summed E-state index contributed by atoms with van der Waals surface area (Å²) >= 11 is 0. The second-order valence-corrected chi connectivity index (χ2v) is 6.53. The summed E-state index contributed by atoms with van der Waals surface area (Å²) in [5.41, 5.74) is 7.41. The highest BCUT2D eigenvalue weighted by Gasteiger charge is 2.29. The van der Waals surface area contributed by atoms with Gasteiger partial charge >= 0.3 is 0 Å². The number of rotatable bonds is 3. The van der Waals surface area contributed by atoms with Gasteiger partial charge < -0.3 is 10.3 Å². The maximum Gasteiger partial charge on any atom is 0.0953 e. The first-order chi connectivity index (χ1) is 7.13. The highest BCUT2D eigenvalue weighted by atomic mass is 15.1. The standard InChI is InChI=1S/C13H25N3/c1-10(14)11-7-15-9-16(11)13(5,6)8-12(2,3)4/h7,9-10H,8,14H2,1-6H3/t10-/m1/s1. The van der Waals surface area contributed by atoms with Crippen molar-refractivity contribution in [3.05, 3.63) is 18.2 Å². The van der Waals surface area contributed by atoms with Gasteiger partial charge in [0.1, 0.15) is 0 Å². The van der Waals surface area contributed by atoms with Gasteiger partial charge in [-0.05, 0) is 32.6 Å². The van der Waals surface area contributed by atoms with Crippen molar-refractivity contribution in [2.45, 2.75) is 59.5 Å². The smallest absolute Gasteiger partial charge is 0.0953 e. The molecule has 0 bridgehead atoms. The van der Waals surface area contributed by atoms with Crippen LogP contribution >= 0.6 is 0 Å². The first-order valence-electron chi connectivity index (χ1n) is 5.92. The molecular weight excluding hydrogens is 198 g/mol. The third-order valence-electron chi connectivity index (χ3n) is 2.75. The van der Waals surface area contributed by atoms with E-state index in [1.165, 1.54) is 0 Å². The van der Waals surface area contributed by atoms with Crippen LogP contribution in [-0.4, -0.2) is 9.55 Å². The minimum absolute atomic E-state index is 0.0294. The van der Waals surface area contributed by atoms with Crippen molar-refractivity contribution < 1.29 is 0 Å². The van der Waals surface area contributed by atoms with Crippen LogP contribution in [0.5, 0.6) is 0 Å². The van der Waals surface area contributed by atoms with Gasteiger partial charge in [0, 0.05) is 17.8 Å². The van der Waals surface area contributed by atoms with Crippen LogP contribution in [0.25, 0.3) is 0 Å². The molecule has 92 valence electrons. The number of hydrogen-bond acceptors (Lipinski definition) is 2. The zero-order valence-corrected chi connectivity index (χ0v) is 11.4. The van der Waals surface area contributed by atoms with Gasteiger partial charge in [0.15, 0.2) is 0 Å². The lowest BCUT2D eigenvalue weighted by molar-refractivity contribution is 0.209. The summed E-state index contributed by atoms with van der Waals surface area (Å²) in [5, 5.41) is 0. The maximum absolute atomic E-state index is 5.96. The van der Waals surface area contributed by atoms with Crippen LogP contribution in [-0.2, 0) is 5.54 Å². The van der Waals surface area contributed by atoms with Crippen LogP contribution in [0.3, 0.4) is 0 Å². The van der Waals surface area contributed by atoms with Crippen molar-refractivity contribution in [3.63, 3.8) is 0 Å². The first-order valence-corrected chi connectivity index (χ1v) is 5.92. The lowest BCUT2D eigenvalue weighted by Gasteiger charge is -2.35. The van der Waals surface area contributed by atoms with Crippen LogP contribution in [0.2, 0.25) is 0 Å². The van der Waals surface area contributed by atoms with Crippen molar-refractivity contribution in [1.82, 2.24) is 9.55 Å². The fraction of sp³-hybridized carbons (Fsp3) is 0.769. The Kier molecular flexibility index (Phi) is 3.48. The van der Waals surface area contributed by atoms with E-state index in [1.54, 1.807) is 0 Å². The van der Waals surface area contributed by atoms with E-state index in [4.69, 9.17) is 5.73 Å². The molecule has 1 rings (SSSR count). The molecule has 0 aliphatic heterocycles. The van der Waals surface area contributed by atoms with E-state index in [0.717, 1.165) is 12.1 Å². The van der Waals surface area contributed by atoms with Crippen molar-refractivity contribution in [3.8, 4) is 0 Å².